The second kappa shape index (κ2) is 4.80. The van der Waals surface area contributed by atoms with Crippen molar-refractivity contribution < 1.29 is 8.42 Å². The molecule has 18 heavy (non-hydrogen) atoms. The van der Waals surface area contributed by atoms with Gasteiger partial charge in [0, 0.05) is 19.8 Å². The molecule has 0 heterocycles. The number of nitrogens with zero attached hydrogens (tertiary/aromatic N) is 1. The maximum absolute atomic E-state index is 11.4. The molecule has 0 spiro atoms. The lowest BCUT2D eigenvalue weighted by molar-refractivity contribution is 0.419. The smallest absolute Gasteiger partial charge is 0.175 e. The molecule has 0 aliphatic carbocycles. The van der Waals surface area contributed by atoms with Crippen LogP contribution in [0.4, 0.5) is 11.4 Å². The Morgan fingerprint density at radius 3 is 2.22 bits per heavy atom. The minimum absolute atomic E-state index is 0.149. The molecule has 0 aromatic heterocycles. The number of nitrogens with two attached hydrogens (primary N) is 1. The van der Waals surface area contributed by atoms with Gasteiger partial charge >= 0.3 is 0 Å². The second-order valence-electron chi connectivity index (χ2n) is 5.91. The van der Waals surface area contributed by atoms with E-state index in [2.05, 4.69) is 20.8 Å². The molecule has 0 saturated heterocycles. The van der Waals surface area contributed by atoms with Crippen molar-refractivity contribution in [2.45, 2.75) is 25.7 Å². The first-order chi connectivity index (χ1) is 8.00. The van der Waals surface area contributed by atoms with Crippen molar-refractivity contribution in [2.75, 3.05) is 30.5 Å². The summed E-state index contributed by atoms with van der Waals surface area (Å²) < 4.78 is 22.9. The maximum Gasteiger partial charge on any atom is 0.175 e. The van der Waals surface area contributed by atoms with Gasteiger partial charge in [0.2, 0.25) is 0 Å². The van der Waals surface area contributed by atoms with Gasteiger partial charge < -0.3 is 10.6 Å². The van der Waals surface area contributed by atoms with Crippen molar-refractivity contribution in [3.05, 3.63) is 18.2 Å². The molecule has 2 N–H and O–H groups in total. The lowest BCUT2D eigenvalue weighted by atomic mass is 9.96. The number of nitrogen functional groups attached to an aromatic ring is 1. The third kappa shape index (κ3) is 3.91. The van der Waals surface area contributed by atoms with E-state index >= 15 is 0 Å². The van der Waals surface area contributed by atoms with Crippen LogP contribution in [0, 0.1) is 5.41 Å². The van der Waals surface area contributed by atoms with E-state index in [1.165, 1.54) is 12.3 Å². The van der Waals surface area contributed by atoms with Crippen LogP contribution < -0.4 is 10.6 Å². The Bertz CT molecular complexity index is 530. The Kier molecular flexibility index (Phi) is 3.96. The van der Waals surface area contributed by atoms with E-state index < -0.39 is 9.84 Å². The number of anilines is 2. The van der Waals surface area contributed by atoms with Crippen LogP contribution in [0.25, 0.3) is 0 Å². The Morgan fingerprint density at radius 2 is 1.83 bits per heavy atom. The lowest BCUT2D eigenvalue weighted by Crippen LogP contribution is -2.29. The molecule has 102 valence electrons. The zero-order chi connectivity index (χ0) is 14.1. The van der Waals surface area contributed by atoms with E-state index in [9.17, 15) is 8.42 Å². The minimum atomic E-state index is -3.20. The molecule has 0 aliphatic rings. The Hall–Kier alpha value is -1.23. The molecular formula is C13H22N2O2S. The number of hydrogen-bond acceptors (Lipinski definition) is 4. The molecule has 0 bridgehead atoms. The number of hydrogen-bond donors (Lipinski definition) is 1. The Morgan fingerprint density at radius 1 is 1.28 bits per heavy atom. The molecule has 5 heteroatoms. The average molecular weight is 270 g/mol. The zero-order valence-corrected chi connectivity index (χ0v) is 12.5. The molecular weight excluding hydrogens is 248 g/mol. The molecule has 0 radical (unpaired) electrons. The molecule has 0 saturated carbocycles. The summed E-state index contributed by atoms with van der Waals surface area (Å²) in [6, 6.07) is 4.88. The number of benzene rings is 1. The molecule has 1 aromatic rings. The summed E-state index contributed by atoms with van der Waals surface area (Å²) >= 11 is 0. The molecule has 0 fully saturated rings. The van der Waals surface area contributed by atoms with Crippen LogP contribution in [-0.4, -0.2) is 28.3 Å². The predicted molar refractivity (Wildman–Crippen MR) is 76.7 cm³/mol. The summed E-state index contributed by atoms with van der Waals surface area (Å²) in [6.07, 6.45) is 1.18. The van der Waals surface area contributed by atoms with Crippen molar-refractivity contribution in [1.29, 1.82) is 0 Å². The largest absolute Gasteiger partial charge is 0.397 e. The van der Waals surface area contributed by atoms with Gasteiger partial charge in [-0.25, -0.2) is 8.42 Å². The Balaban J connectivity index is 3.07. The van der Waals surface area contributed by atoms with E-state index in [0.29, 0.717) is 5.69 Å². The summed E-state index contributed by atoms with van der Waals surface area (Å²) in [6.45, 7) is 7.27. The van der Waals surface area contributed by atoms with Crippen LogP contribution in [0.15, 0.2) is 23.1 Å². The van der Waals surface area contributed by atoms with E-state index in [-0.39, 0.29) is 10.3 Å². The molecule has 0 aliphatic heterocycles. The fraction of sp³-hybridized carbons (Fsp3) is 0.538. The molecule has 1 aromatic carbocycles. The van der Waals surface area contributed by atoms with E-state index in [1.54, 1.807) is 12.1 Å². The first-order valence-electron chi connectivity index (χ1n) is 5.81. The molecule has 0 atom stereocenters. The number of sulfone groups is 1. The van der Waals surface area contributed by atoms with Gasteiger partial charge in [-0.3, -0.25) is 0 Å². The predicted octanol–water partition coefficient (Wildman–Crippen LogP) is 2.15. The van der Waals surface area contributed by atoms with Gasteiger partial charge in [-0.15, -0.1) is 0 Å². The third-order valence-corrected chi connectivity index (χ3v) is 3.66. The van der Waals surface area contributed by atoms with Crippen molar-refractivity contribution in [3.8, 4) is 0 Å². The van der Waals surface area contributed by atoms with Gasteiger partial charge in [0.1, 0.15) is 0 Å². The van der Waals surface area contributed by atoms with Crippen molar-refractivity contribution >= 4 is 21.2 Å². The highest BCUT2D eigenvalue weighted by molar-refractivity contribution is 7.90. The topological polar surface area (TPSA) is 63.4 Å². The van der Waals surface area contributed by atoms with Crippen LogP contribution in [-0.2, 0) is 9.84 Å². The summed E-state index contributed by atoms with van der Waals surface area (Å²) in [5.41, 5.74) is 7.43. The van der Waals surface area contributed by atoms with Gasteiger partial charge in [-0.2, -0.15) is 0 Å². The average Bonchev–Trinajstić information content (AvgIpc) is 2.12. The standard InChI is InChI=1S/C13H22N2O2S/c1-13(2,3)9-15(4)12-7-6-10(8-11(12)14)18(5,16)17/h6-8H,9,14H2,1-5H3. The summed E-state index contributed by atoms with van der Waals surface area (Å²) in [5.74, 6) is 0. The Labute approximate surface area is 110 Å². The summed E-state index contributed by atoms with van der Waals surface area (Å²) in [4.78, 5) is 2.30. The van der Waals surface area contributed by atoms with E-state index in [0.717, 1.165) is 12.2 Å². The molecule has 4 nitrogen and oxygen atoms in total. The van der Waals surface area contributed by atoms with E-state index in [4.69, 9.17) is 5.73 Å². The maximum atomic E-state index is 11.4. The number of rotatable bonds is 3. The summed E-state index contributed by atoms with van der Waals surface area (Å²) in [7, 11) is -1.25. The van der Waals surface area contributed by atoms with Crippen LogP contribution in [0.5, 0.6) is 0 Å². The highest BCUT2D eigenvalue weighted by atomic mass is 32.2. The summed E-state index contributed by atoms with van der Waals surface area (Å²) in [5, 5.41) is 0. The van der Waals surface area contributed by atoms with Gasteiger partial charge in [-0.1, -0.05) is 20.8 Å². The first kappa shape index (κ1) is 14.8. The van der Waals surface area contributed by atoms with Gasteiger partial charge in [0.15, 0.2) is 9.84 Å². The normalized spacial score (nSPS) is 12.5. The van der Waals surface area contributed by atoms with Gasteiger partial charge in [-0.05, 0) is 23.6 Å². The molecule has 0 amide bonds. The van der Waals surface area contributed by atoms with Crippen LogP contribution in [0.2, 0.25) is 0 Å². The second-order valence-corrected chi connectivity index (χ2v) is 7.93. The lowest BCUT2D eigenvalue weighted by Gasteiger charge is -2.29. The van der Waals surface area contributed by atoms with Gasteiger partial charge in [0.05, 0.1) is 16.3 Å². The molecule has 0 unspecified atom stereocenters. The van der Waals surface area contributed by atoms with Crippen molar-refractivity contribution in [2.24, 2.45) is 5.41 Å². The quantitative estimate of drug-likeness (QED) is 0.855. The van der Waals surface area contributed by atoms with Crippen LogP contribution in [0.3, 0.4) is 0 Å². The fourth-order valence-corrected chi connectivity index (χ4v) is 2.56. The molecule has 1 rings (SSSR count). The SMILES string of the molecule is CN(CC(C)(C)C)c1ccc(S(C)(=O)=O)cc1N. The highest BCUT2D eigenvalue weighted by Gasteiger charge is 2.16. The van der Waals surface area contributed by atoms with Crippen molar-refractivity contribution in [1.82, 2.24) is 0 Å². The van der Waals surface area contributed by atoms with Gasteiger partial charge in [0.25, 0.3) is 0 Å². The first-order valence-corrected chi connectivity index (χ1v) is 7.70. The van der Waals surface area contributed by atoms with Crippen molar-refractivity contribution in [3.63, 3.8) is 0 Å². The van der Waals surface area contributed by atoms with Crippen LogP contribution in [0.1, 0.15) is 20.8 Å². The third-order valence-electron chi connectivity index (χ3n) is 2.55. The minimum Gasteiger partial charge on any atom is -0.397 e. The fourth-order valence-electron chi connectivity index (χ4n) is 1.91. The van der Waals surface area contributed by atoms with Crippen LogP contribution >= 0.6 is 0 Å². The monoisotopic (exact) mass is 270 g/mol. The highest BCUT2D eigenvalue weighted by Crippen LogP contribution is 2.27. The zero-order valence-electron chi connectivity index (χ0n) is 11.7. The van der Waals surface area contributed by atoms with E-state index in [1.807, 2.05) is 11.9 Å².